The average Bonchev–Trinajstić information content (AvgIpc) is 2.65. The molecule has 1 N–H and O–H groups in total. The number of methoxy groups -OCH3 is 1. The van der Waals surface area contributed by atoms with Crippen LogP contribution in [0.2, 0.25) is 0 Å². The highest BCUT2D eigenvalue weighted by Gasteiger charge is 2.01. The first-order valence-electron chi connectivity index (χ1n) is 7.56. The molecule has 0 heterocycles. The van der Waals surface area contributed by atoms with E-state index < -0.39 is 0 Å². The molecule has 0 aliphatic carbocycles. The molecule has 24 heavy (non-hydrogen) atoms. The summed E-state index contributed by atoms with van der Waals surface area (Å²) in [6, 6.07) is 22.1. The first-order valence-corrected chi connectivity index (χ1v) is 7.56. The molecule has 0 amide bonds. The molecule has 0 unspecified atom stereocenters. The Morgan fingerprint density at radius 1 is 0.583 bits per heavy atom. The molecular formula is C20H18O4. The number of rotatable bonds is 6. The second-order valence-electron chi connectivity index (χ2n) is 5.15. The molecule has 4 nitrogen and oxygen atoms in total. The first kappa shape index (κ1) is 15.9. The van der Waals surface area contributed by atoms with E-state index in [9.17, 15) is 0 Å². The van der Waals surface area contributed by atoms with Crippen molar-refractivity contribution >= 4 is 0 Å². The van der Waals surface area contributed by atoms with Crippen molar-refractivity contribution in [3.8, 4) is 28.7 Å². The maximum absolute atomic E-state index is 9.04. The summed E-state index contributed by atoms with van der Waals surface area (Å²) in [7, 11) is 1.63. The molecule has 0 atom stereocenters. The molecule has 0 aliphatic heterocycles. The third-order valence-electron chi connectivity index (χ3n) is 3.46. The van der Waals surface area contributed by atoms with E-state index in [1.807, 2.05) is 72.8 Å². The van der Waals surface area contributed by atoms with Gasteiger partial charge < -0.3 is 19.3 Å². The van der Waals surface area contributed by atoms with Crippen molar-refractivity contribution in [3.63, 3.8) is 0 Å². The number of aliphatic hydroxyl groups excluding tert-OH is 1. The van der Waals surface area contributed by atoms with Crippen molar-refractivity contribution in [3.05, 3.63) is 78.4 Å². The van der Waals surface area contributed by atoms with Gasteiger partial charge in [0.2, 0.25) is 0 Å². The molecular weight excluding hydrogens is 304 g/mol. The molecule has 0 bridgehead atoms. The summed E-state index contributed by atoms with van der Waals surface area (Å²) in [6.07, 6.45) is 0. The second-order valence-corrected chi connectivity index (χ2v) is 5.15. The Morgan fingerprint density at radius 2 is 0.917 bits per heavy atom. The summed E-state index contributed by atoms with van der Waals surface area (Å²) in [5.74, 6) is 3.69. The standard InChI is InChI=1S/C20H18O4/c1-22-16-6-8-18(9-7-16)24-20-12-10-19(11-13-20)23-17-4-2-15(14-21)3-5-17/h2-13,21H,14H2,1H3. The van der Waals surface area contributed by atoms with Crippen LogP contribution in [0.1, 0.15) is 5.56 Å². The van der Waals surface area contributed by atoms with Crippen LogP contribution in [0, 0.1) is 0 Å². The number of hydrogen-bond donors (Lipinski definition) is 1. The van der Waals surface area contributed by atoms with Crippen molar-refractivity contribution in [2.75, 3.05) is 7.11 Å². The lowest BCUT2D eigenvalue weighted by Gasteiger charge is -2.09. The molecule has 0 radical (unpaired) electrons. The van der Waals surface area contributed by atoms with Crippen LogP contribution >= 0.6 is 0 Å². The van der Waals surface area contributed by atoms with Gasteiger partial charge in [-0.15, -0.1) is 0 Å². The minimum atomic E-state index is 0.0255. The number of ether oxygens (including phenoxy) is 3. The summed E-state index contributed by atoms with van der Waals surface area (Å²) in [5.41, 5.74) is 0.852. The zero-order valence-electron chi connectivity index (χ0n) is 13.3. The summed E-state index contributed by atoms with van der Waals surface area (Å²) in [4.78, 5) is 0. The van der Waals surface area contributed by atoms with Gasteiger partial charge in [0.1, 0.15) is 28.7 Å². The molecule has 3 rings (SSSR count). The van der Waals surface area contributed by atoms with Gasteiger partial charge in [0.05, 0.1) is 13.7 Å². The summed E-state index contributed by atoms with van der Waals surface area (Å²) >= 11 is 0. The van der Waals surface area contributed by atoms with Crippen LogP contribution in [-0.2, 0) is 6.61 Å². The summed E-state index contributed by atoms with van der Waals surface area (Å²) < 4.78 is 16.7. The van der Waals surface area contributed by atoms with Gasteiger partial charge >= 0.3 is 0 Å². The van der Waals surface area contributed by atoms with Gasteiger partial charge in [-0.1, -0.05) is 12.1 Å². The highest BCUT2D eigenvalue weighted by Crippen LogP contribution is 2.27. The van der Waals surface area contributed by atoms with Crippen molar-refractivity contribution in [2.45, 2.75) is 6.61 Å². The highest BCUT2D eigenvalue weighted by molar-refractivity contribution is 5.39. The molecule has 122 valence electrons. The van der Waals surface area contributed by atoms with Crippen LogP contribution in [0.15, 0.2) is 72.8 Å². The SMILES string of the molecule is COc1ccc(Oc2ccc(Oc3ccc(CO)cc3)cc2)cc1. The van der Waals surface area contributed by atoms with Crippen LogP contribution in [-0.4, -0.2) is 12.2 Å². The van der Waals surface area contributed by atoms with Gasteiger partial charge in [0, 0.05) is 0 Å². The molecule has 0 fully saturated rings. The van der Waals surface area contributed by atoms with E-state index >= 15 is 0 Å². The Labute approximate surface area is 140 Å². The molecule has 4 heteroatoms. The smallest absolute Gasteiger partial charge is 0.127 e. The zero-order valence-corrected chi connectivity index (χ0v) is 13.3. The van der Waals surface area contributed by atoms with Gasteiger partial charge in [0.25, 0.3) is 0 Å². The summed E-state index contributed by atoms with van der Waals surface area (Å²) in [6.45, 7) is 0.0255. The number of hydrogen-bond acceptors (Lipinski definition) is 4. The van der Waals surface area contributed by atoms with E-state index in [1.165, 1.54) is 0 Å². The molecule has 3 aromatic rings. The Kier molecular flexibility index (Phi) is 4.99. The van der Waals surface area contributed by atoms with E-state index in [0.29, 0.717) is 5.75 Å². The minimum Gasteiger partial charge on any atom is -0.497 e. The molecule has 0 saturated heterocycles. The van der Waals surface area contributed by atoms with Gasteiger partial charge in [0.15, 0.2) is 0 Å². The minimum absolute atomic E-state index is 0.0255. The van der Waals surface area contributed by atoms with Crippen molar-refractivity contribution in [1.82, 2.24) is 0 Å². The first-order chi connectivity index (χ1) is 11.8. The Morgan fingerprint density at radius 3 is 1.25 bits per heavy atom. The molecule has 0 spiro atoms. The molecule has 3 aromatic carbocycles. The lowest BCUT2D eigenvalue weighted by atomic mass is 10.2. The summed E-state index contributed by atoms with van der Waals surface area (Å²) in [5, 5.41) is 9.04. The van der Waals surface area contributed by atoms with E-state index in [-0.39, 0.29) is 6.61 Å². The van der Waals surface area contributed by atoms with Gasteiger partial charge in [-0.05, 0) is 66.2 Å². The third kappa shape index (κ3) is 4.06. The highest BCUT2D eigenvalue weighted by atomic mass is 16.5. The Hall–Kier alpha value is -2.98. The maximum Gasteiger partial charge on any atom is 0.127 e. The van der Waals surface area contributed by atoms with Gasteiger partial charge in [-0.3, -0.25) is 0 Å². The number of aliphatic hydroxyl groups is 1. The monoisotopic (exact) mass is 322 g/mol. The van der Waals surface area contributed by atoms with Crippen molar-refractivity contribution < 1.29 is 19.3 Å². The van der Waals surface area contributed by atoms with Crippen LogP contribution in [0.3, 0.4) is 0 Å². The predicted octanol–water partition coefficient (Wildman–Crippen LogP) is 4.77. The number of benzene rings is 3. The third-order valence-corrected chi connectivity index (χ3v) is 3.46. The Bertz CT molecular complexity index is 694. The van der Waals surface area contributed by atoms with Crippen LogP contribution in [0.4, 0.5) is 0 Å². The zero-order chi connectivity index (χ0) is 16.8. The lowest BCUT2D eigenvalue weighted by Crippen LogP contribution is -1.88. The van der Waals surface area contributed by atoms with E-state index in [2.05, 4.69) is 0 Å². The van der Waals surface area contributed by atoms with Crippen LogP contribution in [0.25, 0.3) is 0 Å². The van der Waals surface area contributed by atoms with Gasteiger partial charge in [-0.25, -0.2) is 0 Å². The van der Waals surface area contributed by atoms with Crippen LogP contribution in [0.5, 0.6) is 28.7 Å². The Balaban J connectivity index is 1.63. The fourth-order valence-electron chi connectivity index (χ4n) is 2.15. The van der Waals surface area contributed by atoms with Crippen molar-refractivity contribution in [1.29, 1.82) is 0 Å². The largest absolute Gasteiger partial charge is 0.497 e. The fraction of sp³-hybridized carbons (Fsp3) is 0.100. The molecule has 0 aliphatic rings. The quantitative estimate of drug-likeness (QED) is 0.710. The maximum atomic E-state index is 9.04. The topological polar surface area (TPSA) is 47.9 Å². The van der Waals surface area contributed by atoms with E-state index in [1.54, 1.807) is 7.11 Å². The lowest BCUT2D eigenvalue weighted by molar-refractivity contribution is 0.281. The molecule has 0 aromatic heterocycles. The van der Waals surface area contributed by atoms with E-state index in [4.69, 9.17) is 19.3 Å². The fourth-order valence-corrected chi connectivity index (χ4v) is 2.15. The van der Waals surface area contributed by atoms with Crippen molar-refractivity contribution in [2.24, 2.45) is 0 Å². The molecule has 0 saturated carbocycles. The van der Waals surface area contributed by atoms with Gasteiger partial charge in [-0.2, -0.15) is 0 Å². The van der Waals surface area contributed by atoms with Crippen LogP contribution < -0.4 is 14.2 Å². The average molecular weight is 322 g/mol. The second kappa shape index (κ2) is 7.53. The normalized spacial score (nSPS) is 10.2. The van der Waals surface area contributed by atoms with E-state index in [0.717, 1.165) is 28.6 Å². The predicted molar refractivity (Wildman–Crippen MR) is 91.9 cm³/mol.